The molecular weight excluding hydrogens is 383 g/mol. The number of rotatable bonds is 2. The summed E-state index contributed by atoms with van der Waals surface area (Å²) in [6.45, 7) is -3.05. The number of benzene rings is 2. The van der Waals surface area contributed by atoms with Crippen LogP contribution in [0.5, 0.6) is 5.75 Å². The molecule has 0 saturated heterocycles. The highest BCUT2D eigenvalue weighted by molar-refractivity contribution is 6.31. The minimum absolute atomic E-state index is 0.0640. The topological polar surface area (TPSA) is 56.1 Å². The smallest absolute Gasteiger partial charge is 0.387 e. The maximum Gasteiger partial charge on any atom is 0.387 e. The van der Waals surface area contributed by atoms with E-state index in [0.717, 1.165) is 0 Å². The quantitative estimate of drug-likeness (QED) is 0.709. The molecule has 2 aromatic carbocycles. The Morgan fingerprint density at radius 2 is 2.11 bits per heavy atom. The van der Waals surface area contributed by atoms with Gasteiger partial charge in [0, 0.05) is 11.1 Å². The molecule has 1 amide bonds. The predicted molar refractivity (Wildman–Crippen MR) is 90.7 cm³/mol. The van der Waals surface area contributed by atoms with Gasteiger partial charge in [-0.3, -0.25) is 4.79 Å². The van der Waals surface area contributed by atoms with Crippen LogP contribution in [0, 0.1) is 5.82 Å². The number of nitrogens with one attached hydrogen (secondary N) is 1. The first kappa shape index (κ1) is 16.4. The lowest BCUT2D eigenvalue weighted by molar-refractivity contribution is -0.0507. The third kappa shape index (κ3) is 2.26. The number of fused-ring (bicyclic) bond motifs is 9. The Hall–Kier alpha value is -2.74. The molecule has 3 heterocycles. The summed E-state index contributed by atoms with van der Waals surface area (Å²) in [6.07, 6.45) is 0.354. The standard InChI is InChI=1S/C18H11ClF3N3O2/c19-8-4-5-9-15(14(8)20)25-11-6-10(16(25)23-9)24-17(26)7-2-1-3-12(13(7)11)27-18(21)22/h1-5,10-11,18H,6H2,(H,24,26)/t10-,11-/m1/s1. The highest BCUT2D eigenvalue weighted by Gasteiger charge is 2.42. The fraction of sp³-hybridized carbons (Fsp3) is 0.222. The van der Waals surface area contributed by atoms with Crippen LogP contribution < -0.4 is 10.1 Å². The van der Waals surface area contributed by atoms with E-state index in [4.69, 9.17) is 11.6 Å². The Morgan fingerprint density at radius 3 is 2.89 bits per heavy atom. The van der Waals surface area contributed by atoms with E-state index >= 15 is 0 Å². The monoisotopic (exact) mass is 393 g/mol. The van der Waals surface area contributed by atoms with Crippen molar-refractivity contribution in [2.75, 3.05) is 0 Å². The number of carbonyl (C=O) groups is 1. The van der Waals surface area contributed by atoms with Gasteiger partial charge in [-0.2, -0.15) is 8.78 Å². The molecule has 138 valence electrons. The van der Waals surface area contributed by atoms with Crippen molar-refractivity contribution in [1.82, 2.24) is 14.9 Å². The molecule has 5 rings (SSSR count). The zero-order valence-corrected chi connectivity index (χ0v) is 14.3. The molecule has 0 unspecified atom stereocenters. The van der Waals surface area contributed by atoms with Gasteiger partial charge >= 0.3 is 6.61 Å². The fourth-order valence-corrected chi connectivity index (χ4v) is 4.18. The van der Waals surface area contributed by atoms with Crippen molar-refractivity contribution in [3.8, 4) is 5.75 Å². The second kappa shape index (κ2) is 5.63. The number of amides is 1. The lowest BCUT2D eigenvalue weighted by Gasteiger charge is -2.21. The van der Waals surface area contributed by atoms with Gasteiger partial charge in [-0.15, -0.1) is 0 Å². The van der Waals surface area contributed by atoms with Crippen LogP contribution in [-0.4, -0.2) is 22.1 Å². The first-order chi connectivity index (χ1) is 13.0. The summed E-state index contributed by atoms with van der Waals surface area (Å²) < 4.78 is 46.9. The first-order valence-electron chi connectivity index (χ1n) is 8.20. The number of hydrogen-bond donors (Lipinski definition) is 1. The number of imidazole rings is 1. The largest absolute Gasteiger partial charge is 0.434 e. The highest BCUT2D eigenvalue weighted by atomic mass is 35.5. The molecule has 0 spiro atoms. The molecule has 9 heteroatoms. The van der Waals surface area contributed by atoms with Gasteiger partial charge in [0.2, 0.25) is 0 Å². The lowest BCUT2D eigenvalue weighted by Crippen LogP contribution is -2.28. The van der Waals surface area contributed by atoms with Crippen molar-refractivity contribution < 1.29 is 22.7 Å². The Bertz CT molecular complexity index is 1110. The summed E-state index contributed by atoms with van der Waals surface area (Å²) in [6, 6.07) is 6.31. The van der Waals surface area contributed by atoms with Gasteiger partial charge in [0.1, 0.15) is 17.1 Å². The van der Waals surface area contributed by atoms with Crippen molar-refractivity contribution in [1.29, 1.82) is 0 Å². The van der Waals surface area contributed by atoms with E-state index in [1.54, 1.807) is 10.6 Å². The van der Waals surface area contributed by atoms with E-state index < -0.39 is 30.4 Å². The van der Waals surface area contributed by atoms with E-state index in [1.165, 1.54) is 24.3 Å². The number of nitrogens with zero attached hydrogens (tertiary/aromatic N) is 2. The molecule has 0 saturated carbocycles. The highest BCUT2D eigenvalue weighted by Crippen LogP contribution is 2.48. The molecular formula is C18H11ClF3N3O2. The number of halogens is 4. The second-order valence-electron chi connectivity index (χ2n) is 6.44. The molecule has 27 heavy (non-hydrogen) atoms. The van der Waals surface area contributed by atoms with Gasteiger partial charge < -0.3 is 14.6 Å². The summed E-state index contributed by atoms with van der Waals surface area (Å²) >= 11 is 5.94. The summed E-state index contributed by atoms with van der Waals surface area (Å²) in [5.74, 6) is -0.698. The molecule has 0 aliphatic carbocycles. The van der Waals surface area contributed by atoms with Gasteiger partial charge in [-0.1, -0.05) is 17.7 Å². The van der Waals surface area contributed by atoms with Crippen molar-refractivity contribution in [3.63, 3.8) is 0 Å². The van der Waals surface area contributed by atoms with E-state index in [-0.39, 0.29) is 27.4 Å². The summed E-state index contributed by atoms with van der Waals surface area (Å²) in [5, 5.41) is 2.77. The van der Waals surface area contributed by atoms with E-state index in [9.17, 15) is 18.0 Å². The molecule has 2 aliphatic heterocycles. The molecule has 3 aromatic rings. The Morgan fingerprint density at radius 1 is 1.30 bits per heavy atom. The van der Waals surface area contributed by atoms with Crippen LogP contribution in [0.4, 0.5) is 13.2 Å². The molecule has 2 aliphatic rings. The third-order valence-corrected chi connectivity index (χ3v) is 5.31. The normalized spacial score (nSPS) is 20.4. The Labute approximate surface area is 155 Å². The van der Waals surface area contributed by atoms with E-state index in [0.29, 0.717) is 17.8 Å². The zero-order chi connectivity index (χ0) is 18.9. The molecule has 0 fully saturated rings. The summed E-state index contributed by atoms with van der Waals surface area (Å²) in [5.41, 5.74) is 1.07. The SMILES string of the molecule is O=C1N[C@@H]2C[C@H](c3c(OC(F)F)cccc31)n1c2nc2ccc(Cl)c(F)c21. The predicted octanol–water partition coefficient (Wildman–Crippen LogP) is 4.21. The van der Waals surface area contributed by atoms with Crippen molar-refractivity contribution >= 4 is 28.5 Å². The minimum Gasteiger partial charge on any atom is -0.434 e. The van der Waals surface area contributed by atoms with Gasteiger partial charge in [0.05, 0.1) is 22.6 Å². The van der Waals surface area contributed by atoms with Crippen LogP contribution in [0.1, 0.15) is 40.3 Å². The van der Waals surface area contributed by atoms with Crippen LogP contribution in [0.25, 0.3) is 11.0 Å². The van der Waals surface area contributed by atoms with E-state index in [2.05, 4.69) is 15.0 Å². The van der Waals surface area contributed by atoms with Crippen LogP contribution in [-0.2, 0) is 0 Å². The van der Waals surface area contributed by atoms with E-state index in [1.807, 2.05) is 0 Å². The fourth-order valence-electron chi connectivity index (χ4n) is 4.03. The molecule has 2 atom stereocenters. The average Bonchev–Trinajstić information content (AvgIpc) is 3.11. The van der Waals surface area contributed by atoms with Crippen molar-refractivity contribution in [2.45, 2.75) is 25.1 Å². The zero-order valence-electron chi connectivity index (χ0n) is 13.5. The van der Waals surface area contributed by atoms with Gasteiger partial charge in [0.25, 0.3) is 5.91 Å². The van der Waals surface area contributed by atoms with Crippen molar-refractivity contribution in [2.24, 2.45) is 0 Å². The lowest BCUT2D eigenvalue weighted by atomic mass is 9.97. The molecule has 1 N–H and O–H groups in total. The number of alkyl halides is 2. The van der Waals surface area contributed by atoms with Crippen LogP contribution in [0.3, 0.4) is 0 Å². The van der Waals surface area contributed by atoms with Crippen LogP contribution >= 0.6 is 11.6 Å². The number of ether oxygens (including phenoxy) is 1. The Kier molecular flexibility index (Phi) is 3.42. The van der Waals surface area contributed by atoms with Gasteiger partial charge in [0.15, 0.2) is 5.82 Å². The van der Waals surface area contributed by atoms with Crippen molar-refractivity contribution in [3.05, 3.63) is 58.1 Å². The second-order valence-corrected chi connectivity index (χ2v) is 6.85. The molecule has 5 nitrogen and oxygen atoms in total. The maximum absolute atomic E-state index is 14.8. The molecule has 2 bridgehead atoms. The van der Waals surface area contributed by atoms with Gasteiger partial charge in [-0.05, 0) is 30.7 Å². The third-order valence-electron chi connectivity index (χ3n) is 5.02. The Balaban J connectivity index is 1.82. The van der Waals surface area contributed by atoms with Crippen LogP contribution in [0.2, 0.25) is 5.02 Å². The summed E-state index contributed by atoms with van der Waals surface area (Å²) in [7, 11) is 0. The number of hydrogen-bond acceptors (Lipinski definition) is 3. The summed E-state index contributed by atoms with van der Waals surface area (Å²) in [4.78, 5) is 17.0. The maximum atomic E-state index is 14.8. The first-order valence-corrected chi connectivity index (χ1v) is 8.58. The minimum atomic E-state index is -3.05. The molecule has 1 aromatic heterocycles. The number of carbonyl (C=O) groups excluding carboxylic acids is 1. The van der Waals surface area contributed by atoms with Gasteiger partial charge in [-0.25, -0.2) is 9.37 Å². The number of aromatic nitrogens is 2. The van der Waals surface area contributed by atoms with Crippen LogP contribution in [0.15, 0.2) is 30.3 Å². The average molecular weight is 394 g/mol. The molecule has 0 radical (unpaired) electrons.